The van der Waals surface area contributed by atoms with Gasteiger partial charge >= 0.3 is 6.36 Å². The Bertz CT molecular complexity index is 657. The van der Waals surface area contributed by atoms with Gasteiger partial charge in [-0.25, -0.2) is 0 Å². The van der Waals surface area contributed by atoms with E-state index in [1.54, 1.807) is 4.90 Å². The van der Waals surface area contributed by atoms with Gasteiger partial charge in [0, 0.05) is 19.0 Å². The quantitative estimate of drug-likeness (QED) is 0.900. The van der Waals surface area contributed by atoms with Crippen molar-refractivity contribution in [2.45, 2.75) is 44.5 Å². The molecule has 1 aromatic rings. The third kappa shape index (κ3) is 4.24. The van der Waals surface area contributed by atoms with E-state index < -0.39 is 23.9 Å². The van der Waals surface area contributed by atoms with Gasteiger partial charge in [-0.1, -0.05) is 25.0 Å². The molecule has 0 bridgehead atoms. The van der Waals surface area contributed by atoms with E-state index in [4.69, 9.17) is 0 Å². The summed E-state index contributed by atoms with van der Waals surface area (Å²) in [5.74, 6) is -1.56. The van der Waals surface area contributed by atoms with Crippen molar-refractivity contribution in [2.24, 2.45) is 5.92 Å². The van der Waals surface area contributed by atoms with Gasteiger partial charge in [0.1, 0.15) is 0 Å². The molecule has 1 heterocycles. The summed E-state index contributed by atoms with van der Waals surface area (Å²) in [5.41, 5.74) is -0.0587. The lowest BCUT2D eigenvalue weighted by molar-refractivity contribution is -0.274. The molecule has 1 atom stereocenters. The van der Waals surface area contributed by atoms with Crippen molar-refractivity contribution in [3.05, 3.63) is 24.3 Å². The van der Waals surface area contributed by atoms with Crippen molar-refractivity contribution in [2.75, 3.05) is 11.9 Å². The Kier molecular flexibility index (Phi) is 4.87. The van der Waals surface area contributed by atoms with Crippen molar-refractivity contribution < 1.29 is 27.5 Å². The van der Waals surface area contributed by atoms with Crippen molar-refractivity contribution in [3.8, 4) is 5.75 Å². The maximum atomic E-state index is 12.4. The van der Waals surface area contributed by atoms with Crippen LogP contribution in [0.5, 0.6) is 5.75 Å². The number of para-hydroxylation sites is 2. The zero-order valence-electron chi connectivity index (χ0n) is 13.5. The van der Waals surface area contributed by atoms with Gasteiger partial charge in [0.15, 0.2) is 5.75 Å². The highest BCUT2D eigenvalue weighted by Crippen LogP contribution is 2.32. The second kappa shape index (κ2) is 6.93. The molecule has 3 rings (SSSR count). The molecule has 2 aliphatic rings. The van der Waals surface area contributed by atoms with Crippen molar-refractivity contribution in [1.82, 2.24) is 4.90 Å². The first kappa shape index (κ1) is 17.6. The lowest BCUT2D eigenvalue weighted by atomic mass is 10.1. The molecule has 0 spiro atoms. The van der Waals surface area contributed by atoms with E-state index in [-0.39, 0.29) is 24.1 Å². The van der Waals surface area contributed by atoms with E-state index in [9.17, 15) is 22.8 Å². The average Bonchev–Trinajstić information content (AvgIpc) is 3.16. The molecule has 1 aromatic carbocycles. The van der Waals surface area contributed by atoms with Crippen LogP contribution in [-0.4, -0.2) is 35.7 Å². The van der Waals surface area contributed by atoms with E-state index >= 15 is 0 Å². The van der Waals surface area contributed by atoms with Crippen LogP contribution < -0.4 is 10.1 Å². The van der Waals surface area contributed by atoms with Crippen LogP contribution in [0.4, 0.5) is 18.9 Å². The fourth-order valence-corrected chi connectivity index (χ4v) is 3.49. The smallest absolute Gasteiger partial charge is 0.404 e. The second-order valence-corrected chi connectivity index (χ2v) is 6.42. The van der Waals surface area contributed by atoms with Crippen LogP contribution >= 0.6 is 0 Å². The molecule has 25 heavy (non-hydrogen) atoms. The Morgan fingerprint density at radius 2 is 1.88 bits per heavy atom. The summed E-state index contributed by atoms with van der Waals surface area (Å²) < 4.78 is 41.3. The van der Waals surface area contributed by atoms with Crippen LogP contribution in [0.15, 0.2) is 24.3 Å². The molecule has 5 nitrogen and oxygen atoms in total. The molecular formula is C17H19F3N2O3. The summed E-state index contributed by atoms with van der Waals surface area (Å²) in [4.78, 5) is 26.3. The lowest BCUT2D eigenvalue weighted by Crippen LogP contribution is -2.35. The van der Waals surface area contributed by atoms with E-state index in [0.29, 0.717) is 6.54 Å². The van der Waals surface area contributed by atoms with E-state index in [0.717, 1.165) is 31.7 Å². The van der Waals surface area contributed by atoms with Gasteiger partial charge in [-0.15, -0.1) is 13.2 Å². The number of anilines is 1. The van der Waals surface area contributed by atoms with Crippen LogP contribution in [0.1, 0.15) is 32.1 Å². The first-order valence-electron chi connectivity index (χ1n) is 8.28. The minimum atomic E-state index is -4.84. The maximum Gasteiger partial charge on any atom is 0.573 e. The minimum Gasteiger partial charge on any atom is -0.404 e. The van der Waals surface area contributed by atoms with E-state index in [1.807, 2.05) is 0 Å². The number of benzene rings is 1. The number of nitrogens with zero attached hydrogens (tertiary/aromatic N) is 1. The summed E-state index contributed by atoms with van der Waals surface area (Å²) in [6.45, 7) is 0.317. The normalized spacial score (nSPS) is 21.6. The van der Waals surface area contributed by atoms with Gasteiger partial charge in [-0.2, -0.15) is 0 Å². The van der Waals surface area contributed by atoms with Gasteiger partial charge in [-0.3, -0.25) is 9.59 Å². The summed E-state index contributed by atoms with van der Waals surface area (Å²) in [7, 11) is 0. The molecule has 136 valence electrons. The molecule has 0 aromatic heterocycles. The molecule has 0 radical (unpaired) electrons. The highest BCUT2D eigenvalue weighted by Gasteiger charge is 2.39. The monoisotopic (exact) mass is 356 g/mol. The third-order valence-corrected chi connectivity index (χ3v) is 4.67. The number of likely N-dealkylation sites (tertiary alicyclic amines) is 1. The van der Waals surface area contributed by atoms with Crippen LogP contribution in [0.3, 0.4) is 0 Å². The Balaban J connectivity index is 1.66. The predicted molar refractivity (Wildman–Crippen MR) is 83.8 cm³/mol. The van der Waals surface area contributed by atoms with Gasteiger partial charge in [0.2, 0.25) is 11.8 Å². The Morgan fingerprint density at radius 3 is 2.56 bits per heavy atom. The maximum absolute atomic E-state index is 12.4. The zero-order valence-corrected chi connectivity index (χ0v) is 13.5. The minimum absolute atomic E-state index is 0.0587. The highest BCUT2D eigenvalue weighted by molar-refractivity contribution is 5.98. The topological polar surface area (TPSA) is 58.6 Å². The van der Waals surface area contributed by atoms with Crippen LogP contribution in [-0.2, 0) is 9.59 Å². The standard InChI is InChI=1S/C17H19F3N2O3/c18-17(19,20)25-14-8-4-3-7-13(14)21-16(24)11-9-15(23)22(10-11)12-5-1-2-6-12/h3-4,7-8,11-12H,1-2,5-6,9-10H2,(H,21,24)/t11-/m0/s1. The van der Waals surface area contributed by atoms with Crippen LogP contribution in [0.2, 0.25) is 0 Å². The summed E-state index contributed by atoms with van der Waals surface area (Å²) in [6.07, 6.45) is -0.709. The number of halogens is 3. The molecule has 8 heteroatoms. The number of carbonyl (C=O) groups is 2. The molecule has 1 saturated heterocycles. The fourth-order valence-electron chi connectivity index (χ4n) is 3.49. The van der Waals surface area contributed by atoms with Crippen molar-refractivity contribution >= 4 is 17.5 Å². The van der Waals surface area contributed by atoms with Crippen LogP contribution in [0, 0.1) is 5.92 Å². The number of nitrogens with one attached hydrogen (secondary N) is 1. The molecule has 2 amide bonds. The predicted octanol–water partition coefficient (Wildman–Crippen LogP) is 3.31. The SMILES string of the molecule is O=C(Nc1ccccc1OC(F)(F)F)[C@H]1CC(=O)N(C2CCCC2)C1. The van der Waals surface area contributed by atoms with Gasteiger partial charge in [-0.05, 0) is 25.0 Å². The Labute approximate surface area is 143 Å². The number of hydrogen-bond donors (Lipinski definition) is 1. The van der Waals surface area contributed by atoms with Crippen molar-refractivity contribution in [3.63, 3.8) is 0 Å². The van der Waals surface area contributed by atoms with Gasteiger partial charge in [0.05, 0.1) is 11.6 Å². The number of carbonyl (C=O) groups excluding carboxylic acids is 2. The highest BCUT2D eigenvalue weighted by atomic mass is 19.4. The molecule has 1 aliphatic carbocycles. The van der Waals surface area contributed by atoms with E-state index in [1.165, 1.54) is 18.2 Å². The molecule has 2 fully saturated rings. The third-order valence-electron chi connectivity index (χ3n) is 4.67. The van der Waals surface area contributed by atoms with Gasteiger partial charge < -0.3 is 15.0 Å². The van der Waals surface area contributed by atoms with E-state index in [2.05, 4.69) is 10.1 Å². The largest absolute Gasteiger partial charge is 0.573 e. The first-order chi connectivity index (χ1) is 11.8. The average molecular weight is 356 g/mol. The summed E-state index contributed by atoms with van der Waals surface area (Å²) in [6, 6.07) is 5.55. The van der Waals surface area contributed by atoms with Crippen LogP contribution in [0.25, 0.3) is 0 Å². The summed E-state index contributed by atoms with van der Waals surface area (Å²) in [5, 5.41) is 2.46. The Hall–Kier alpha value is -2.25. The number of rotatable bonds is 4. The molecule has 1 aliphatic heterocycles. The lowest BCUT2D eigenvalue weighted by Gasteiger charge is -2.24. The second-order valence-electron chi connectivity index (χ2n) is 6.42. The summed E-state index contributed by atoms with van der Waals surface area (Å²) >= 11 is 0. The molecule has 1 N–H and O–H groups in total. The number of hydrogen-bond acceptors (Lipinski definition) is 3. The first-order valence-corrected chi connectivity index (χ1v) is 8.28. The van der Waals surface area contributed by atoms with Gasteiger partial charge in [0.25, 0.3) is 0 Å². The molecular weight excluding hydrogens is 337 g/mol. The number of alkyl halides is 3. The fraction of sp³-hybridized carbons (Fsp3) is 0.529. The zero-order chi connectivity index (χ0) is 18.0. The molecule has 0 unspecified atom stereocenters. The molecule has 1 saturated carbocycles. The Morgan fingerprint density at radius 1 is 1.20 bits per heavy atom. The number of amides is 2. The van der Waals surface area contributed by atoms with Crippen molar-refractivity contribution in [1.29, 1.82) is 0 Å². The number of ether oxygens (including phenoxy) is 1.